The van der Waals surface area contributed by atoms with Crippen molar-refractivity contribution in [2.75, 3.05) is 18.6 Å². The minimum Gasteiger partial charge on any atom is -0.464 e. The maximum absolute atomic E-state index is 12.5. The summed E-state index contributed by atoms with van der Waals surface area (Å²) in [5.41, 5.74) is 3.61. The molecule has 1 aromatic carbocycles. The molecular formula is C20H25NO6S. The van der Waals surface area contributed by atoms with Crippen molar-refractivity contribution in [1.82, 2.24) is 4.90 Å². The molecule has 0 N–H and O–H groups in total. The lowest BCUT2D eigenvalue weighted by Gasteiger charge is -2.26. The SMILES string of the molecule is Cc1cc2occ(CC(=O)O[C@H](C)C(=O)N(C)[C@H]3CCS(=O)(=O)C3)c2cc1C. The number of benzene rings is 1. The minimum absolute atomic E-state index is 0.00531. The number of likely N-dealkylation sites (N-methyl/N-ethyl adjacent to an activating group) is 1. The van der Waals surface area contributed by atoms with Crippen molar-refractivity contribution >= 4 is 32.7 Å². The van der Waals surface area contributed by atoms with Crippen LogP contribution in [0.1, 0.15) is 30.0 Å². The number of carbonyl (C=O) groups excluding carboxylic acids is 2. The van der Waals surface area contributed by atoms with E-state index in [0.717, 1.165) is 16.5 Å². The molecule has 1 fully saturated rings. The third kappa shape index (κ3) is 4.22. The highest BCUT2D eigenvalue weighted by molar-refractivity contribution is 7.91. The van der Waals surface area contributed by atoms with E-state index in [-0.39, 0.29) is 24.0 Å². The zero-order valence-electron chi connectivity index (χ0n) is 16.5. The Labute approximate surface area is 164 Å². The molecule has 0 spiro atoms. The lowest BCUT2D eigenvalue weighted by atomic mass is 10.0. The van der Waals surface area contributed by atoms with Crippen LogP contribution in [-0.4, -0.2) is 55.9 Å². The second-order valence-electron chi connectivity index (χ2n) is 7.51. The van der Waals surface area contributed by atoms with Crippen LogP contribution in [0.25, 0.3) is 11.0 Å². The summed E-state index contributed by atoms with van der Waals surface area (Å²) in [6.07, 6.45) is 0.954. The summed E-state index contributed by atoms with van der Waals surface area (Å²) in [5.74, 6) is -0.904. The zero-order chi connectivity index (χ0) is 20.6. The van der Waals surface area contributed by atoms with Crippen LogP contribution in [0.3, 0.4) is 0 Å². The van der Waals surface area contributed by atoms with E-state index in [0.29, 0.717) is 17.6 Å². The van der Waals surface area contributed by atoms with Crippen molar-refractivity contribution in [2.45, 2.75) is 45.8 Å². The molecule has 2 atom stereocenters. The Balaban J connectivity index is 1.63. The third-order valence-corrected chi connectivity index (χ3v) is 7.11. The Morgan fingerprint density at radius 3 is 2.61 bits per heavy atom. The van der Waals surface area contributed by atoms with Crippen molar-refractivity contribution < 1.29 is 27.2 Å². The largest absolute Gasteiger partial charge is 0.464 e. The van der Waals surface area contributed by atoms with Gasteiger partial charge in [0.05, 0.1) is 24.2 Å². The maximum Gasteiger partial charge on any atom is 0.311 e. The summed E-state index contributed by atoms with van der Waals surface area (Å²) in [6.45, 7) is 5.48. The molecule has 7 nitrogen and oxygen atoms in total. The van der Waals surface area contributed by atoms with Gasteiger partial charge in [0, 0.05) is 24.0 Å². The molecule has 8 heteroatoms. The molecule has 1 saturated heterocycles. The molecule has 1 aromatic heterocycles. The molecule has 0 unspecified atom stereocenters. The molecule has 2 aromatic rings. The average Bonchev–Trinajstić information content (AvgIpc) is 3.17. The highest BCUT2D eigenvalue weighted by Crippen LogP contribution is 2.25. The zero-order valence-corrected chi connectivity index (χ0v) is 17.3. The van der Waals surface area contributed by atoms with Gasteiger partial charge in [-0.15, -0.1) is 0 Å². The van der Waals surface area contributed by atoms with Crippen LogP contribution < -0.4 is 0 Å². The number of esters is 1. The average molecular weight is 407 g/mol. The number of ether oxygens (including phenoxy) is 1. The van der Waals surface area contributed by atoms with Crippen LogP contribution in [0.15, 0.2) is 22.8 Å². The van der Waals surface area contributed by atoms with Gasteiger partial charge < -0.3 is 14.1 Å². The van der Waals surface area contributed by atoms with Gasteiger partial charge in [-0.1, -0.05) is 0 Å². The predicted molar refractivity (Wildman–Crippen MR) is 105 cm³/mol. The first-order valence-electron chi connectivity index (χ1n) is 9.21. The maximum atomic E-state index is 12.5. The number of amides is 1. The molecule has 0 radical (unpaired) electrons. The summed E-state index contributed by atoms with van der Waals surface area (Å²) in [7, 11) is -1.55. The smallest absolute Gasteiger partial charge is 0.311 e. The third-order valence-electron chi connectivity index (χ3n) is 5.36. The molecule has 0 saturated carbocycles. The molecule has 3 rings (SSSR count). The van der Waals surface area contributed by atoms with Gasteiger partial charge in [0.25, 0.3) is 5.91 Å². The van der Waals surface area contributed by atoms with E-state index in [9.17, 15) is 18.0 Å². The number of hydrogen-bond acceptors (Lipinski definition) is 6. The first-order valence-corrected chi connectivity index (χ1v) is 11.0. The fraction of sp³-hybridized carbons (Fsp3) is 0.500. The normalized spacial score (nSPS) is 19.5. The summed E-state index contributed by atoms with van der Waals surface area (Å²) in [4.78, 5) is 26.2. The Bertz CT molecular complexity index is 1020. The molecule has 152 valence electrons. The van der Waals surface area contributed by atoms with Crippen LogP contribution in [-0.2, 0) is 30.6 Å². The highest BCUT2D eigenvalue weighted by Gasteiger charge is 2.35. The number of sulfone groups is 1. The second kappa shape index (κ2) is 7.58. The van der Waals surface area contributed by atoms with E-state index in [2.05, 4.69) is 0 Å². The number of rotatable bonds is 5. The van der Waals surface area contributed by atoms with E-state index in [1.54, 1.807) is 7.05 Å². The first kappa shape index (κ1) is 20.4. The first-order chi connectivity index (χ1) is 13.1. The fourth-order valence-electron chi connectivity index (χ4n) is 3.47. The number of furan rings is 1. The van der Waals surface area contributed by atoms with Crippen LogP contribution in [0.2, 0.25) is 0 Å². The quantitative estimate of drug-likeness (QED) is 0.705. The van der Waals surface area contributed by atoms with E-state index in [4.69, 9.17) is 9.15 Å². The number of nitrogens with zero attached hydrogens (tertiary/aromatic N) is 1. The number of aryl methyl sites for hydroxylation is 2. The standard InChI is InChI=1S/C20H25NO6S/c1-12-7-17-15(10-26-18(17)8-13(12)2)9-19(22)27-14(3)20(23)21(4)16-5-6-28(24,25)11-16/h7-8,10,14,16H,5-6,9,11H2,1-4H3/t14-,16+/m1/s1. The molecular weight excluding hydrogens is 382 g/mol. The second-order valence-corrected chi connectivity index (χ2v) is 9.74. The topological polar surface area (TPSA) is 93.9 Å². The van der Waals surface area contributed by atoms with Gasteiger partial charge in [-0.2, -0.15) is 0 Å². The Hall–Kier alpha value is -2.35. The molecule has 1 aliphatic heterocycles. The van der Waals surface area contributed by atoms with Gasteiger partial charge in [-0.05, 0) is 50.5 Å². The Morgan fingerprint density at radius 2 is 1.96 bits per heavy atom. The van der Waals surface area contributed by atoms with Crippen molar-refractivity contribution in [3.05, 3.63) is 35.1 Å². The number of carbonyl (C=O) groups is 2. The van der Waals surface area contributed by atoms with Gasteiger partial charge in [-0.25, -0.2) is 8.42 Å². The van der Waals surface area contributed by atoms with Crippen molar-refractivity contribution in [3.63, 3.8) is 0 Å². The summed E-state index contributed by atoms with van der Waals surface area (Å²) >= 11 is 0. The summed E-state index contributed by atoms with van der Waals surface area (Å²) in [5, 5.41) is 0.854. The van der Waals surface area contributed by atoms with Crippen molar-refractivity contribution in [3.8, 4) is 0 Å². The van der Waals surface area contributed by atoms with Gasteiger partial charge in [-0.3, -0.25) is 9.59 Å². The van der Waals surface area contributed by atoms with Crippen LogP contribution in [0.4, 0.5) is 0 Å². The number of fused-ring (bicyclic) bond motifs is 1. The molecule has 1 amide bonds. The van der Waals surface area contributed by atoms with E-state index >= 15 is 0 Å². The molecule has 28 heavy (non-hydrogen) atoms. The Kier molecular flexibility index (Phi) is 5.52. The van der Waals surface area contributed by atoms with Gasteiger partial charge in [0.1, 0.15) is 5.58 Å². The van der Waals surface area contributed by atoms with Crippen LogP contribution in [0, 0.1) is 13.8 Å². The molecule has 1 aliphatic rings. The van der Waals surface area contributed by atoms with Gasteiger partial charge >= 0.3 is 5.97 Å². The highest BCUT2D eigenvalue weighted by atomic mass is 32.2. The van der Waals surface area contributed by atoms with Gasteiger partial charge in [0.15, 0.2) is 15.9 Å². The lowest BCUT2D eigenvalue weighted by molar-refractivity contribution is -0.158. The molecule has 0 bridgehead atoms. The Morgan fingerprint density at radius 1 is 1.29 bits per heavy atom. The fourth-order valence-corrected chi connectivity index (χ4v) is 5.24. The van der Waals surface area contributed by atoms with E-state index in [1.807, 2.05) is 26.0 Å². The van der Waals surface area contributed by atoms with Crippen LogP contribution >= 0.6 is 0 Å². The van der Waals surface area contributed by atoms with Crippen molar-refractivity contribution in [2.24, 2.45) is 0 Å². The molecule has 0 aliphatic carbocycles. The molecule has 2 heterocycles. The predicted octanol–water partition coefficient (Wildman–Crippen LogP) is 2.17. The van der Waals surface area contributed by atoms with E-state index in [1.165, 1.54) is 18.1 Å². The van der Waals surface area contributed by atoms with E-state index < -0.39 is 27.8 Å². The van der Waals surface area contributed by atoms with Crippen LogP contribution in [0.5, 0.6) is 0 Å². The number of hydrogen-bond donors (Lipinski definition) is 0. The van der Waals surface area contributed by atoms with Gasteiger partial charge in [0.2, 0.25) is 0 Å². The minimum atomic E-state index is -3.10. The van der Waals surface area contributed by atoms with Crippen molar-refractivity contribution in [1.29, 1.82) is 0 Å². The summed E-state index contributed by atoms with van der Waals surface area (Å²) < 4.78 is 34.0. The lowest BCUT2D eigenvalue weighted by Crippen LogP contribution is -2.44. The monoisotopic (exact) mass is 407 g/mol. The summed E-state index contributed by atoms with van der Waals surface area (Å²) in [6, 6.07) is 3.53.